The van der Waals surface area contributed by atoms with E-state index in [4.69, 9.17) is 4.74 Å². The number of hydrogen-bond donors (Lipinski definition) is 0. The molecule has 1 saturated heterocycles. The van der Waals surface area contributed by atoms with Gasteiger partial charge >= 0.3 is 0 Å². The van der Waals surface area contributed by atoms with Crippen LogP contribution in [-0.2, 0) is 9.53 Å². The van der Waals surface area contributed by atoms with E-state index in [2.05, 4.69) is 0 Å². The molecule has 0 radical (unpaired) electrons. The zero-order valence-electron chi connectivity index (χ0n) is 9.01. The smallest absolute Gasteiger partial charge is 0.248 e. The molecule has 1 aromatic rings. The standard InChI is InChI=1S/C12H15NO2/c1-9-12(10-6-4-3-5-7-10)15-8-11(14)13(9)2/h3-7,9,12H,8H2,1-2H3/t9-,12+/m0/s1. The second-order valence-electron chi connectivity index (χ2n) is 3.89. The van der Waals surface area contributed by atoms with Crippen LogP contribution < -0.4 is 0 Å². The van der Waals surface area contributed by atoms with Gasteiger partial charge in [0.25, 0.3) is 0 Å². The number of likely N-dealkylation sites (N-methyl/N-ethyl adjacent to an activating group) is 1. The van der Waals surface area contributed by atoms with Crippen molar-refractivity contribution < 1.29 is 9.53 Å². The fourth-order valence-electron chi connectivity index (χ4n) is 1.85. The summed E-state index contributed by atoms with van der Waals surface area (Å²) in [5.41, 5.74) is 1.13. The first kappa shape index (κ1) is 10.2. The van der Waals surface area contributed by atoms with Crippen molar-refractivity contribution in [2.75, 3.05) is 13.7 Å². The van der Waals surface area contributed by atoms with Gasteiger partial charge in [-0.05, 0) is 12.5 Å². The van der Waals surface area contributed by atoms with E-state index in [9.17, 15) is 4.79 Å². The summed E-state index contributed by atoms with van der Waals surface area (Å²) in [4.78, 5) is 13.1. The molecule has 0 saturated carbocycles. The Balaban J connectivity index is 2.21. The zero-order valence-corrected chi connectivity index (χ0v) is 9.01. The van der Waals surface area contributed by atoms with E-state index < -0.39 is 0 Å². The SMILES string of the molecule is C[C@H]1[C@H](c2ccccc2)OCC(=O)N1C. The Morgan fingerprint density at radius 1 is 1.33 bits per heavy atom. The molecule has 1 amide bonds. The summed E-state index contributed by atoms with van der Waals surface area (Å²) in [7, 11) is 1.82. The molecule has 3 nitrogen and oxygen atoms in total. The minimum Gasteiger partial charge on any atom is -0.362 e. The van der Waals surface area contributed by atoms with Crippen LogP contribution in [0.2, 0.25) is 0 Å². The van der Waals surface area contributed by atoms with E-state index in [0.29, 0.717) is 0 Å². The minimum absolute atomic E-state index is 0.00565. The normalized spacial score (nSPS) is 26.8. The predicted octanol–water partition coefficient (Wildman–Crippen LogP) is 1.60. The molecular weight excluding hydrogens is 190 g/mol. The quantitative estimate of drug-likeness (QED) is 0.697. The van der Waals surface area contributed by atoms with Crippen LogP contribution >= 0.6 is 0 Å². The Kier molecular flexibility index (Phi) is 2.73. The number of amides is 1. The molecule has 0 bridgehead atoms. The maximum atomic E-state index is 11.4. The van der Waals surface area contributed by atoms with Gasteiger partial charge in [0, 0.05) is 7.05 Å². The van der Waals surface area contributed by atoms with E-state index in [0.717, 1.165) is 5.56 Å². The third-order valence-electron chi connectivity index (χ3n) is 2.96. The number of morpholine rings is 1. The molecule has 2 atom stereocenters. The van der Waals surface area contributed by atoms with Gasteiger partial charge in [0.15, 0.2) is 0 Å². The van der Waals surface area contributed by atoms with Crippen molar-refractivity contribution in [1.29, 1.82) is 0 Å². The Morgan fingerprint density at radius 2 is 2.00 bits per heavy atom. The van der Waals surface area contributed by atoms with E-state index in [1.165, 1.54) is 0 Å². The summed E-state index contributed by atoms with van der Waals surface area (Å²) in [6.45, 7) is 2.19. The van der Waals surface area contributed by atoms with Crippen molar-refractivity contribution in [3.05, 3.63) is 35.9 Å². The number of ether oxygens (including phenoxy) is 1. The lowest BCUT2D eigenvalue weighted by atomic mass is 10.0. The Bertz CT molecular complexity index is 350. The van der Waals surface area contributed by atoms with Crippen LogP contribution in [-0.4, -0.2) is 30.5 Å². The number of benzene rings is 1. The second kappa shape index (κ2) is 4.03. The van der Waals surface area contributed by atoms with Gasteiger partial charge in [0.05, 0.1) is 6.04 Å². The molecule has 0 spiro atoms. The fraction of sp³-hybridized carbons (Fsp3) is 0.417. The molecule has 1 aliphatic heterocycles. The maximum absolute atomic E-state index is 11.4. The summed E-state index contributed by atoms with van der Waals surface area (Å²) in [5.74, 6) is 0.0506. The molecule has 1 aromatic carbocycles. The van der Waals surface area contributed by atoms with Gasteiger partial charge in [-0.1, -0.05) is 30.3 Å². The van der Waals surface area contributed by atoms with Gasteiger partial charge in [0.1, 0.15) is 12.7 Å². The van der Waals surface area contributed by atoms with Crippen molar-refractivity contribution in [3.8, 4) is 0 Å². The summed E-state index contributed by atoms with van der Waals surface area (Å²) in [6, 6.07) is 10.1. The van der Waals surface area contributed by atoms with Gasteiger partial charge < -0.3 is 9.64 Å². The summed E-state index contributed by atoms with van der Waals surface area (Å²) >= 11 is 0. The van der Waals surface area contributed by atoms with Gasteiger partial charge in [-0.25, -0.2) is 0 Å². The van der Waals surface area contributed by atoms with Crippen LogP contribution in [0.5, 0.6) is 0 Å². The van der Waals surface area contributed by atoms with Crippen molar-refractivity contribution in [2.45, 2.75) is 19.1 Å². The lowest BCUT2D eigenvalue weighted by molar-refractivity contribution is -0.153. The molecule has 0 aliphatic carbocycles. The Morgan fingerprint density at radius 3 is 2.67 bits per heavy atom. The fourth-order valence-corrected chi connectivity index (χ4v) is 1.85. The Labute approximate surface area is 89.7 Å². The monoisotopic (exact) mass is 205 g/mol. The number of hydrogen-bond acceptors (Lipinski definition) is 2. The second-order valence-corrected chi connectivity index (χ2v) is 3.89. The van der Waals surface area contributed by atoms with Crippen LogP contribution in [0.4, 0.5) is 0 Å². The molecular formula is C12H15NO2. The molecule has 80 valence electrons. The summed E-state index contributed by atoms with van der Waals surface area (Å²) < 4.78 is 5.57. The number of carbonyl (C=O) groups is 1. The van der Waals surface area contributed by atoms with Gasteiger partial charge in [-0.15, -0.1) is 0 Å². The van der Waals surface area contributed by atoms with Gasteiger partial charge in [-0.2, -0.15) is 0 Å². The molecule has 1 fully saturated rings. The molecule has 3 heteroatoms. The molecule has 15 heavy (non-hydrogen) atoms. The van der Waals surface area contributed by atoms with Crippen molar-refractivity contribution in [1.82, 2.24) is 4.90 Å². The molecule has 0 N–H and O–H groups in total. The minimum atomic E-state index is -0.00565. The molecule has 0 aromatic heterocycles. The highest BCUT2D eigenvalue weighted by molar-refractivity contribution is 5.78. The van der Waals surface area contributed by atoms with Crippen LogP contribution in [0, 0.1) is 0 Å². The van der Waals surface area contributed by atoms with Gasteiger partial charge in [-0.3, -0.25) is 4.79 Å². The van der Waals surface area contributed by atoms with Crippen LogP contribution in [0.3, 0.4) is 0 Å². The van der Waals surface area contributed by atoms with E-state index in [1.54, 1.807) is 4.90 Å². The van der Waals surface area contributed by atoms with E-state index in [-0.39, 0.29) is 24.7 Å². The predicted molar refractivity (Wildman–Crippen MR) is 57.4 cm³/mol. The lowest BCUT2D eigenvalue weighted by Gasteiger charge is -2.36. The van der Waals surface area contributed by atoms with Crippen molar-refractivity contribution in [2.24, 2.45) is 0 Å². The largest absolute Gasteiger partial charge is 0.362 e. The molecule has 0 unspecified atom stereocenters. The highest BCUT2D eigenvalue weighted by Gasteiger charge is 2.31. The van der Waals surface area contributed by atoms with Crippen molar-refractivity contribution >= 4 is 5.91 Å². The highest BCUT2D eigenvalue weighted by atomic mass is 16.5. The first-order chi connectivity index (χ1) is 7.20. The Hall–Kier alpha value is -1.35. The van der Waals surface area contributed by atoms with Crippen LogP contribution in [0.1, 0.15) is 18.6 Å². The van der Waals surface area contributed by atoms with Gasteiger partial charge in [0.2, 0.25) is 5.91 Å². The highest BCUT2D eigenvalue weighted by Crippen LogP contribution is 2.27. The first-order valence-electron chi connectivity index (χ1n) is 5.12. The van der Waals surface area contributed by atoms with E-state index in [1.807, 2.05) is 44.3 Å². The van der Waals surface area contributed by atoms with E-state index >= 15 is 0 Å². The topological polar surface area (TPSA) is 29.5 Å². The third kappa shape index (κ3) is 1.88. The molecule has 1 heterocycles. The average molecular weight is 205 g/mol. The molecule has 2 rings (SSSR count). The summed E-state index contributed by atoms with van der Waals surface area (Å²) in [6.07, 6.45) is -0.00565. The number of nitrogens with zero attached hydrogens (tertiary/aromatic N) is 1. The van der Waals surface area contributed by atoms with Crippen LogP contribution in [0.15, 0.2) is 30.3 Å². The lowest BCUT2D eigenvalue weighted by Crippen LogP contribution is -2.46. The third-order valence-corrected chi connectivity index (χ3v) is 2.96. The first-order valence-corrected chi connectivity index (χ1v) is 5.12. The van der Waals surface area contributed by atoms with Crippen molar-refractivity contribution in [3.63, 3.8) is 0 Å². The maximum Gasteiger partial charge on any atom is 0.248 e. The number of rotatable bonds is 1. The number of carbonyl (C=O) groups excluding carboxylic acids is 1. The van der Waals surface area contributed by atoms with Crippen LogP contribution in [0.25, 0.3) is 0 Å². The average Bonchev–Trinajstić information content (AvgIpc) is 2.27. The zero-order chi connectivity index (χ0) is 10.8. The summed E-state index contributed by atoms with van der Waals surface area (Å²) in [5, 5.41) is 0. The molecule has 1 aliphatic rings.